The zero-order valence-electron chi connectivity index (χ0n) is 12.4. The molecule has 1 aromatic carbocycles. The maximum atomic E-state index is 5.32. The molecule has 3 rings (SSSR count). The standard InChI is InChI=1S/C15H18N4OS/c1-4-13-17-15(20-18-13)10(2)19(3)9-14-16-11-7-5-6-8-12(11)21-14/h5-8,10H,4,9H2,1-3H3/t10-/m1/s1. The predicted octanol–water partition coefficient (Wildman–Crippen LogP) is 3.43. The third-order valence-electron chi connectivity index (χ3n) is 3.54. The van der Waals surface area contributed by atoms with Gasteiger partial charge in [-0.15, -0.1) is 11.3 Å². The highest BCUT2D eigenvalue weighted by atomic mass is 32.1. The van der Waals surface area contributed by atoms with E-state index in [9.17, 15) is 0 Å². The third-order valence-corrected chi connectivity index (χ3v) is 4.56. The molecule has 21 heavy (non-hydrogen) atoms. The topological polar surface area (TPSA) is 55.1 Å². The summed E-state index contributed by atoms with van der Waals surface area (Å²) in [5.41, 5.74) is 1.06. The molecule has 0 bridgehead atoms. The van der Waals surface area contributed by atoms with Gasteiger partial charge >= 0.3 is 0 Å². The molecule has 0 saturated heterocycles. The molecule has 5 nitrogen and oxygen atoms in total. The van der Waals surface area contributed by atoms with E-state index in [0.717, 1.165) is 29.3 Å². The van der Waals surface area contributed by atoms with E-state index < -0.39 is 0 Å². The zero-order valence-corrected chi connectivity index (χ0v) is 13.2. The van der Waals surface area contributed by atoms with Gasteiger partial charge in [0, 0.05) is 6.42 Å². The first-order chi connectivity index (χ1) is 10.2. The van der Waals surface area contributed by atoms with Crippen molar-refractivity contribution in [2.75, 3.05) is 7.05 Å². The quantitative estimate of drug-likeness (QED) is 0.722. The van der Waals surface area contributed by atoms with E-state index in [1.807, 2.05) is 32.2 Å². The van der Waals surface area contributed by atoms with Crippen LogP contribution in [-0.2, 0) is 13.0 Å². The minimum absolute atomic E-state index is 0.0739. The molecule has 110 valence electrons. The monoisotopic (exact) mass is 302 g/mol. The Hall–Kier alpha value is -1.79. The number of thiazole rings is 1. The van der Waals surface area contributed by atoms with Crippen molar-refractivity contribution in [2.45, 2.75) is 32.9 Å². The summed E-state index contributed by atoms with van der Waals surface area (Å²) in [6.07, 6.45) is 0.789. The number of aromatic nitrogens is 3. The Bertz CT molecular complexity index is 703. The smallest absolute Gasteiger partial charge is 0.243 e. The molecule has 0 saturated carbocycles. The van der Waals surface area contributed by atoms with E-state index in [-0.39, 0.29) is 6.04 Å². The van der Waals surface area contributed by atoms with Crippen LogP contribution in [0.3, 0.4) is 0 Å². The number of rotatable bonds is 5. The van der Waals surface area contributed by atoms with Gasteiger partial charge in [-0.05, 0) is 26.1 Å². The number of hydrogen-bond donors (Lipinski definition) is 0. The molecule has 2 aromatic heterocycles. The van der Waals surface area contributed by atoms with Crippen LogP contribution in [-0.4, -0.2) is 27.1 Å². The van der Waals surface area contributed by atoms with Crippen LogP contribution in [0.5, 0.6) is 0 Å². The number of para-hydroxylation sites is 1. The van der Waals surface area contributed by atoms with Crippen molar-refractivity contribution in [2.24, 2.45) is 0 Å². The lowest BCUT2D eigenvalue weighted by Crippen LogP contribution is -2.22. The van der Waals surface area contributed by atoms with E-state index in [2.05, 4.69) is 33.0 Å². The molecule has 0 aliphatic carbocycles. The fraction of sp³-hybridized carbons (Fsp3) is 0.400. The first kappa shape index (κ1) is 14.2. The van der Waals surface area contributed by atoms with Gasteiger partial charge in [0.15, 0.2) is 5.82 Å². The largest absolute Gasteiger partial charge is 0.338 e. The number of nitrogens with zero attached hydrogens (tertiary/aromatic N) is 4. The van der Waals surface area contributed by atoms with Crippen molar-refractivity contribution < 1.29 is 4.52 Å². The van der Waals surface area contributed by atoms with Crippen molar-refractivity contribution in [3.8, 4) is 0 Å². The maximum absolute atomic E-state index is 5.32. The van der Waals surface area contributed by atoms with Crippen LogP contribution in [0.15, 0.2) is 28.8 Å². The van der Waals surface area contributed by atoms with Crippen molar-refractivity contribution >= 4 is 21.6 Å². The zero-order chi connectivity index (χ0) is 14.8. The van der Waals surface area contributed by atoms with E-state index in [0.29, 0.717) is 5.89 Å². The van der Waals surface area contributed by atoms with Crippen molar-refractivity contribution in [1.29, 1.82) is 0 Å². The summed E-state index contributed by atoms with van der Waals surface area (Å²) in [6, 6.07) is 8.28. The minimum atomic E-state index is 0.0739. The number of fused-ring (bicyclic) bond motifs is 1. The molecule has 1 atom stereocenters. The molecule has 0 radical (unpaired) electrons. The molecule has 0 unspecified atom stereocenters. The molecule has 0 fully saturated rings. The summed E-state index contributed by atoms with van der Waals surface area (Å²) in [4.78, 5) is 11.2. The predicted molar refractivity (Wildman–Crippen MR) is 83.2 cm³/mol. The third kappa shape index (κ3) is 2.96. The first-order valence-electron chi connectivity index (χ1n) is 7.04. The summed E-state index contributed by atoms with van der Waals surface area (Å²) in [5.74, 6) is 1.42. The van der Waals surface area contributed by atoms with Gasteiger partial charge < -0.3 is 4.52 Å². The summed E-state index contributed by atoms with van der Waals surface area (Å²) >= 11 is 1.73. The van der Waals surface area contributed by atoms with Gasteiger partial charge in [-0.3, -0.25) is 4.90 Å². The van der Waals surface area contributed by atoms with Gasteiger partial charge in [0.1, 0.15) is 5.01 Å². The van der Waals surface area contributed by atoms with E-state index >= 15 is 0 Å². The normalized spacial score (nSPS) is 13.1. The lowest BCUT2D eigenvalue weighted by Gasteiger charge is -2.19. The molecule has 0 N–H and O–H groups in total. The van der Waals surface area contributed by atoms with Crippen molar-refractivity contribution in [1.82, 2.24) is 20.0 Å². The highest BCUT2D eigenvalue weighted by Gasteiger charge is 2.19. The molecule has 3 aromatic rings. The van der Waals surface area contributed by atoms with Crippen LogP contribution < -0.4 is 0 Å². The molecule has 0 spiro atoms. The average Bonchev–Trinajstić information content (AvgIpc) is 3.12. The van der Waals surface area contributed by atoms with Gasteiger partial charge in [0.2, 0.25) is 5.89 Å². The SMILES string of the molecule is CCc1noc([C@@H](C)N(C)Cc2nc3ccccc3s2)n1. The maximum Gasteiger partial charge on any atom is 0.243 e. The average molecular weight is 302 g/mol. The van der Waals surface area contributed by atoms with Crippen LogP contribution in [0.25, 0.3) is 10.2 Å². The second-order valence-corrected chi connectivity index (χ2v) is 6.18. The van der Waals surface area contributed by atoms with E-state index in [1.165, 1.54) is 4.70 Å². The fourth-order valence-electron chi connectivity index (χ4n) is 2.11. The molecular weight excluding hydrogens is 284 g/mol. The Morgan fingerprint density at radius 1 is 1.29 bits per heavy atom. The first-order valence-corrected chi connectivity index (χ1v) is 7.86. The van der Waals surface area contributed by atoms with Crippen LogP contribution in [0.1, 0.15) is 36.6 Å². The van der Waals surface area contributed by atoms with E-state index in [4.69, 9.17) is 4.52 Å². The molecule has 2 heterocycles. The summed E-state index contributed by atoms with van der Waals surface area (Å²) in [7, 11) is 2.05. The highest BCUT2D eigenvalue weighted by Crippen LogP contribution is 2.25. The van der Waals surface area contributed by atoms with Gasteiger partial charge in [-0.2, -0.15) is 4.98 Å². The highest BCUT2D eigenvalue weighted by molar-refractivity contribution is 7.18. The fourth-order valence-corrected chi connectivity index (χ4v) is 3.14. The second-order valence-electron chi connectivity index (χ2n) is 5.07. The van der Waals surface area contributed by atoms with Crippen molar-refractivity contribution in [3.05, 3.63) is 41.0 Å². The molecule has 0 aliphatic rings. The Labute approximate surface area is 127 Å². The van der Waals surface area contributed by atoms with Gasteiger partial charge in [0.05, 0.1) is 22.8 Å². The van der Waals surface area contributed by atoms with Crippen molar-refractivity contribution in [3.63, 3.8) is 0 Å². The Morgan fingerprint density at radius 2 is 2.10 bits per heavy atom. The van der Waals surface area contributed by atoms with E-state index in [1.54, 1.807) is 11.3 Å². The number of benzene rings is 1. The molecular formula is C15H18N4OS. The van der Waals surface area contributed by atoms with Gasteiger partial charge in [-0.25, -0.2) is 4.98 Å². The molecule has 0 aliphatic heterocycles. The van der Waals surface area contributed by atoms with Crippen LogP contribution in [0.2, 0.25) is 0 Å². The lowest BCUT2D eigenvalue weighted by molar-refractivity contribution is 0.202. The Kier molecular flexibility index (Phi) is 3.98. The Morgan fingerprint density at radius 3 is 2.81 bits per heavy atom. The molecule has 0 amide bonds. The van der Waals surface area contributed by atoms with Crippen LogP contribution >= 0.6 is 11.3 Å². The van der Waals surface area contributed by atoms with Crippen LogP contribution in [0, 0.1) is 0 Å². The minimum Gasteiger partial charge on any atom is -0.338 e. The van der Waals surface area contributed by atoms with Gasteiger partial charge in [-0.1, -0.05) is 24.2 Å². The summed E-state index contributed by atoms with van der Waals surface area (Å²) in [5, 5.41) is 5.05. The molecule has 6 heteroatoms. The number of hydrogen-bond acceptors (Lipinski definition) is 6. The number of aryl methyl sites for hydroxylation is 1. The van der Waals surface area contributed by atoms with Crippen LogP contribution in [0.4, 0.5) is 0 Å². The summed E-state index contributed by atoms with van der Waals surface area (Å²) < 4.78 is 6.54. The second kappa shape index (κ2) is 5.91. The Balaban J connectivity index is 1.74. The van der Waals surface area contributed by atoms with Gasteiger partial charge in [0.25, 0.3) is 0 Å². The summed E-state index contributed by atoms with van der Waals surface area (Å²) in [6.45, 7) is 4.86. The lowest BCUT2D eigenvalue weighted by atomic mass is 10.3.